The van der Waals surface area contributed by atoms with Crippen LogP contribution in [0.1, 0.15) is 68.5 Å². The summed E-state index contributed by atoms with van der Waals surface area (Å²) in [6.07, 6.45) is 10.3. The maximum absolute atomic E-state index is 13.7. The van der Waals surface area contributed by atoms with Gasteiger partial charge in [0.2, 0.25) is 0 Å². The van der Waals surface area contributed by atoms with Crippen molar-refractivity contribution in [3.63, 3.8) is 0 Å². The molecule has 2 saturated carbocycles. The number of H-pyrrole nitrogens is 1. The highest BCUT2D eigenvalue weighted by atomic mass is 32.1. The number of fused-ring (bicyclic) bond motifs is 4. The number of hydrogen-bond acceptors (Lipinski definition) is 2. The molecular formula is C21H24N2OS. The number of rotatable bonds is 1. The zero-order valence-electron chi connectivity index (χ0n) is 14.5. The Bertz CT molecular complexity index is 943. The molecule has 2 aromatic rings. The Labute approximate surface area is 153 Å². The summed E-state index contributed by atoms with van der Waals surface area (Å²) in [5, 5.41) is 0. The Morgan fingerprint density at radius 3 is 2.56 bits per heavy atom. The third-order valence-electron chi connectivity index (χ3n) is 6.73. The number of nitrogens with one attached hydrogen (secondary N) is 1. The van der Waals surface area contributed by atoms with Crippen LogP contribution in [0.3, 0.4) is 0 Å². The molecular weight excluding hydrogens is 328 g/mol. The smallest absolute Gasteiger partial charge is 0.258 e. The summed E-state index contributed by atoms with van der Waals surface area (Å²) in [4.78, 5) is 17.2. The minimum absolute atomic E-state index is 0.0145. The van der Waals surface area contributed by atoms with Gasteiger partial charge in [0, 0.05) is 22.6 Å². The molecule has 2 fully saturated rings. The van der Waals surface area contributed by atoms with Gasteiger partial charge in [-0.15, -0.1) is 0 Å². The number of aromatic nitrogens is 2. The van der Waals surface area contributed by atoms with Gasteiger partial charge >= 0.3 is 0 Å². The molecule has 0 aliphatic heterocycles. The van der Waals surface area contributed by atoms with E-state index in [1.165, 1.54) is 36.8 Å². The molecule has 3 aliphatic carbocycles. The molecule has 4 heteroatoms. The highest BCUT2D eigenvalue weighted by molar-refractivity contribution is 7.71. The normalized spacial score (nSPS) is 21.4. The minimum Gasteiger partial charge on any atom is -0.331 e. The molecule has 130 valence electrons. The van der Waals surface area contributed by atoms with Gasteiger partial charge in [-0.1, -0.05) is 49.9 Å². The minimum atomic E-state index is 0.0145. The molecule has 25 heavy (non-hydrogen) atoms. The second-order valence-electron chi connectivity index (χ2n) is 8.11. The van der Waals surface area contributed by atoms with Gasteiger partial charge in [0.05, 0.1) is 5.69 Å². The average Bonchev–Trinajstić information content (AvgIpc) is 3.27. The predicted octanol–water partition coefficient (Wildman–Crippen LogP) is 5.06. The summed E-state index contributed by atoms with van der Waals surface area (Å²) >= 11 is 5.66. The number of benzene rings is 1. The van der Waals surface area contributed by atoms with E-state index in [1.54, 1.807) is 0 Å². The monoisotopic (exact) mass is 352 g/mol. The predicted molar refractivity (Wildman–Crippen MR) is 103 cm³/mol. The Balaban J connectivity index is 1.82. The van der Waals surface area contributed by atoms with E-state index in [1.807, 2.05) is 4.57 Å². The first-order valence-corrected chi connectivity index (χ1v) is 10.1. The molecule has 1 aromatic carbocycles. The molecule has 0 unspecified atom stereocenters. The van der Waals surface area contributed by atoms with Crippen LogP contribution in [-0.4, -0.2) is 9.55 Å². The summed E-state index contributed by atoms with van der Waals surface area (Å²) in [6, 6.07) is 8.82. The van der Waals surface area contributed by atoms with E-state index in [-0.39, 0.29) is 17.0 Å². The highest BCUT2D eigenvalue weighted by Gasteiger charge is 2.44. The van der Waals surface area contributed by atoms with Crippen molar-refractivity contribution in [2.24, 2.45) is 0 Å². The van der Waals surface area contributed by atoms with Gasteiger partial charge in [0.1, 0.15) is 0 Å². The molecule has 0 amide bonds. The zero-order chi connectivity index (χ0) is 17.0. The first-order chi connectivity index (χ1) is 12.2. The Morgan fingerprint density at radius 1 is 1.08 bits per heavy atom. The van der Waals surface area contributed by atoms with Crippen molar-refractivity contribution in [1.29, 1.82) is 0 Å². The van der Waals surface area contributed by atoms with Crippen LogP contribution in [0.15, 0.2) is 29.1 Å². The average molecular weight is 353 g/mol. The topological polar surface area (TPSA) is 37.8 Å². The van der Waals surface area contributed by atoms with Crippen molar-refractivity contribution in [2.75, 3.05) is 0 Å². The molecule has 1 aromatic heterocycles. The Kier molecular flexibility index (Phi) is 3.53. The van der Waals surface area contributed by atoms with E-state index < -0.39 is 0 Å². The third kappa shape index (κ3) is 2.23. The highest BCUT2D eigenvalue weighted by Crippen LogP contribution is 2.49. The van der Waals surface area contributed by atoms with Crippen LogP contribution in [0, 0.1) is 4.77 Å². The maximum Gasteiger partial charge on any atom is 0.258 e. The van der Waals surface area contributed by atoms with Gasteiger partial charge in [0.15, 0.2) is 4.77 Å². The summed E-state index contributed by atoms with van der Waals surface area (Å²) in [7, 11) is 0. The van der Waals surface area contributed by atoms with Crippen molar-refractivity contribution in [1.82, 2.24) is 9.55 Å². The third-order valence-corrected chi connectivity index (χ3v) is 7.03. The van der Waals surface area contributed by atoms with Crippen molar-refractivity contribution in [2.45, 2.75) is 69.2 Å². The van der Waals surface area contributed by atoms with Gasteiger partial charge in [0.25, 0.3) is 5.56 Å². The largest absolute Gasteiger partial charge is 0.331 e. The van der Waals surface area contributed by atoms with Gasteiger partial charge in [-0.2, -0.15) is 0 Å². The zero-order valence-corrected chi connectivity index (χ0v) is 15.3. The van der Waals surface area contributed by atoms with E-state index >= 15 is 0 Å². The lowest BCUT2D eigenvalue weighted by molar-refractivity contribution is 0.408. The number of hydrogen-bond donors (Lipinski definition) is 1. The Morgan fingerprint density at radius 2 is 1.80 bits per heavy atom. The molecule has 3 aliphatic rings. The standard InChI is InChI=1S/C21H24N2OS/c24-19-17-18(22-20(25)23(19)15-8-2-3-9-15)16-10-4-1-7-14(16)13-21(17)11-5-6-12-21/h1,4,7,10,15H,2-3,5-6,8-9,11-13H2,(H,22,25). The van der Waals surface area contributed by atoms with Crippen LogP contribution < -0.4 is 5.56 Å². The van der Waals surface area contributed by atoms with E-state index in [2.05, 4.69) is 29.2 Å². The molecule has 3 nitrogen and oxygen atoms in total. The molecule has 1 heterocycles. The molecule has 0 radical (unpaired) electrons. The van der Waals surface area contributed by atoms with Gasteiger partial charge in [-0.05, 0) is 49.9 Å². The SMILES string of the molecule is O=c1c2c([nH]c(=S)n1C1CCCC1)-c1ccccc1CC21CCCC1. The molecule has 0 saturated heterocycles. The summed E-state index contributed by atoms with van der Waals surface area (Å²) < 4.78 is 2.54. The lowest BCUT2D eigenvalue weighted by atomic mass is 9.68. The van der Waals surface area contributed by atoms with E-state index in [4.69, 9.17) is 12.2 Å². The lowest BCUT2D eigenvalue weighted by Crippen LogP contribution is -2.40. The van der Waals surface area contributed by atoms with Gasteiger partial charge < -0.3 is 4.98 Å². The number of nitrogens with zero attached hydrogens (tertiary/aromatic N) is 1. The van der Waals surface area contributed by atoms with Crippen molar-refractivity contribution in [3.8, 4) is 11.3 Å². The lowest BCUT2D eigenvalue weighted by Gasteiger charge is -2.36. The summed E-state index contributed by atoms with van der Waals surface area (Å²) in [5.74, 6) is 0. The van der Waals surface area contributed by atoms with Gasteiger partial charge in [-0.3, -0.25) is 9.36 Å². The van der Waals surface area contributed by atoms with Crippen molar-refractivity contribution < 1.29 is 0 Å². The fourth-order valence-electron chi connectivity index (χ4n) is 5.59. The van der Waals surface area contributed by atoms with E-state index in [9.17, 15) is 4.79 Å². The van der Waals surface area contributed by atoms with Crippen LogP contribution in [0.2, 0.25) is 0 Å². The van der Waals surface area contributed by atoms with Crippen molar-refractivity contribution in [3.05, 3.63) is 50.5 Å². The number of aromatic amines is 1. The van der Waals surface area contributed by atoms with E-state index in [0.717, 1.165) is 43.4 Å². The van der Waals surface area contributed by atoms with Crippen LogP contribution in [0.4, 0.5) is 0 Å². The first kappa shape index (κ1) is 15.6. The second kappa shape index (κ2) is 5.66. The quantitative estimate of drug-likeness (QED) is 0.729. The van der Waals surface area contributed by atoms with Gasteiger partial charge in [-0.25, -0.2) is 0 Å². The second-order valence-corrected chi connectivity index (χ2v) is 8.50. The molecule has 5 rings (SSSR count). The van der Waals surface area contributed by atoms with E-state index in [0.29, 0.717) is 4.77 Å². The molecule has 1 spiro atoms. The van der Waals surface area contributed by atoms with Crippen LogP contribution >= 0.6 is 12.2 Å². The fourth-order valence-corrected chi connectivity index (χ4v) is 5.92. The molecule has 0 atom stereocenters. The summed E-state index contributed by atoms with van der Waals surface area (Å²) in [5.41, 5.74) is 4.79. The molecule has 0 bridgehead atoms. The van der Waals surface area contributed by atoms with Crippen LogP contribution in [0.5, 0.6) is 0 Å². The Hall–Kier alpha value is -1.68. The maximum atomic E-state index is 13.7. The van der Waals surface area contributed by atoms with Crippen LogP contribution in [-0.2, 0) is 11.8 Å². The molecule has 1 N–H and O–H groups in total. The fraction of sp³-hybridized carbons (Fsp3) is 0.524. The van der Waals surface area contributed by atoms with Crippen LogP contribution in [0.25, 0.3) is 11.3 Å². The van der Waals surface area contributed by atoms with Crippen molar-refractivity contribution >= 4 is 12.2 Å². The summed E-state index contributed by atoms with van der Waals surface area (Å²) in [6.45, 7) is 0. The first-order valence-electron chi connectivity index (χ1n) is 9.67.